The average molecular weight is 337 g/mol. The second-order valence-electron chi connectivity index (χ2n) is 5.80. The van der Waals surface area contributed by atoms with Crippen molar-refractivity contribution in [3.63, 3.8) is 0 Å². The quantitative estimate of drug-likeness (QED) is 0.717. The van der Waals surface area contributed by atoms with Gasteiger partial charge in [-0.3, -0.25) is 9.78 Å². The van der Waals surface area contributed by atoms with Gasteiger partial charge >= 0.3 is 5.63 Å². The lowest BCUT2D eigenvalue weighted by molar-refractivity contribution is 0.0794. The number of hydrogen-bond acceptors (Lipinski definition) is 4. The van der Waals surface area contributed by atoms with Crippen LogP contribution >= 0.6 is 0 Å². The highest BCUT2D eigenvalue weighted by atomic mass is 16.5. The molecule has 0 aliphatic heterocycles. The molecule has 3 aromatic rings. The maximum absolute atomic E-state index is 12.8. The van der Waals surface area contributed by atoms with Gasteiger partial charge in [0, 0.05) is 38.6 Å². The first kappa shape index (κ1) is 16.7. The Kier molecular flexibility index (Phi) is 4.79. The number of aryl methyl sites for hydroxylation is 1. The highest BCUT2D eigenvalue weighted by molar-refractivity contribution is 5.99. The molecule has 0 saturated carbocycles. The summed E-state index contributed by atoms with van der Waals surface area (Å²) in [4.78, 5) is 30.6. The van der Waals surface area contributed by atoms with Crippen molar-refractivity contribution in [2.45, 2.75) is 6.42 Å². The Morgan fingerprint density at radius 2 is 1.84 bits per heavy atom. The third-order valence-electron chi connectivity index (χ3n) is 4.07. The molecule has 2 heterocycles. The van der Waals surface area contributed by atoms with Crippen molar-refractivity contribution >= 4 is 5.91 Å². The molecule has 0 bridgehead atoms. The van der Waals surface area contributed by atoms with E-state index in [9.17, 15) is 9.59 Å². The van der Waals surface area contributed by atoms with Crippen LogP contribution in [0.1, 0.15) is 15.9 Å². The van der Waals surface area contributed by atoms with Crippen LogP contribution in [0.4, 0.5) is 0 Å². The molecule has 1 amide bonds. The zero-order valence-electron chi connectivity index (χ0n) is 14.2. The number of benzene rings is 1. The summed E-state index contributed by atoms with van der Waals surface area (Å²) in [5.41, 5.74) is 1.78. The Hall–Kier alpha value is -3.15. The first-order valence-electron chi connectivity index (χ1n) is 7.98. The fraction of sp³-hybridized carbons (Fsp3) is 0.211. The molecule has 0 spiro atoms. The van der Waals surface area contributed by atoms with Crippen LogP contribution in [-0.2, 0) is 13.5 Å². The van der Waals surface area contributed by atoms with E-state index in [0.717, 1.165) is 11.1 Å². The van der Waals surface area contributed by atoms with Crippen molar-refractivity contribution in [3.8, 4) is 11.3 Å². The number of likely N-dealkylation sites (N-methyl/N-ethyl adjacent to an activating group) is 1. The normalized spacial score (nSPS) is 10.6. The molecule has 6 heteroatoms. The van der Waals surface area contributed by atoms with E-state index in [-0.39, 0.29) is 11.5 Å². The van der Waals surface area contributed by atoms with Crippen LogP contribution in [0, 0.1) is 0 Å². The minimum Gasteiger partial charge on any atom is -0.341 e. The fourth-order valence-corrected chi connectivity index (χ4v) is 2.72. The Morgan fingerprint density at radius 3 is 2.52 bits per heavy atom. The van der Waals surface area contributed by atoms with E-state index in [1.54, 1.807) is 31.4 Å². The van der Waals surface area contributed by atoms with Gasteiger partial charge in [0.2, 0.25) is 0 Å². The van der Waals surface area contributed by atoms with Gasteiger partial charge in [-0.2, -0.15) is 0 Å². The lowest BCUT2D eigenvalue weighted by Crippen LogP contribution is -2.31. The van der Waals surface area contributed by atoms with Crippen molar-refractivity contribution in [2.75, 3.05) is 13.6 Å². The van der Waals surface area contributed by atoms with Crippen LogP contribution in [0.5, 0.6) is 0 Å². The minimum absolute atomic E-state index is 0.0610. The van der Waals surface area contributed by atoms with E-state index in [1.165, 1.54) is 4.74 Å². The molecule has 128 valence electrons. The Morgan fingerprint density at radius 1 is 1.16 bits per heavy atom. The summed E-state index contributed by atoms with van der Waals surface area (Å²) in [5.74, 6) is -0.345. The summed E-state index contributed by atoms with van der Waals surface area (Å²) in [6, 6.07) is 13.1. The van der Waals surface area contributed by atoms with Crippen molar-refractivity contribution in [1.82, 2.24) is 14.6 Å². The Balaban J connectivity index is 1.86. The van der Waals surface area contributed by atoms with Crippen molar-refractivity contribution < 1.29 is 9.32 Å². The first-order valence-corrected chi connectivity index (χ1v) is 7.98. The van der Waals surface area contributed by atoms with Gasteiger partial charge < -0.3 is 9.42 Å². The Bertz CT molecular complexity index is 914. The smallest absolute Gasteiger partial charge is 0.341 e. The second-order valence-corrected chi connectivity index (χ2v) is 5.80. The summed E-state index contributed by atoms with van der Waals surface area (Å²) in [5, 5.41) is 0. The number of carbonyl (C=O) groups excluding carboxylic acids is 1. The molecule has 6 nitrogen and oxygen atoms in total. The third-order valence-corrected chi connectivity index (χ3v) is 4.07. The van der Waals surface area contributed by atoms with Gasteiger partial charge in [-0.25, -0.2) is 9.53 Å². The maximum Gasteiger partial charge on any atom is 0.370 e. The van der Waals surface area contributed by atoms with Crippen LogP contribution in [0.2, 0.25) is 0 Å². The van der Waals surface area contributed by atoms with Crippen LogP contribution in [0.15, 0.2) is 64.2 Å². The topological polar surface area (TPSA) is 68.3 Å². The van der Waals surface area contributed by atoms with Gasteiger partial charge in [0.1, 0.15) is 5.69 Å². The van der Waals surface area contributed by atoms with Crippen LogP contribution in [0.25, 0.3) is 11.3 Å². The number of carbonyl (C=O) groups is 1. The van der Waals surface area contributed by atoms with Crippen molar-refractivity contribution in [1.29, 1.82) is 0 Å². The zero-order chi connectivity index (χ0) is 17.8. The van der Waals surface area contributed by atoms with Gasteiger partial charge in [-0.05, 0) is 24.1 Å². The highest BCUT2D eigenvalue weighted by Gasteiger charge is 2.26. The van der Waals surface area contributed by atoms with E-state index < -0.39 is 5.63 Å². The molecule has 2 aromatic heterocycles. The van der Waals surface area contributed by atoms with E-state index in [1.807, 2.05) is 42.5 Å². The zero-order valence-corrected chi connectivity index (χ0v) is 14.2. The number of hydrogen-bond donors (Lipinski definition) is 0. The van der Waals surface area contributed by atoms with E-state index in [4.69, 9.17) is 4.52 Å². The van der Waals surface area contributed by atoms with Crippen LogP contribution in [0.3, 0.4) is 0 Å². The van der Waals surface area contributed by atoms with E-state index in [0.29, 0.717) is 18.7 Å². The molecule has 25 heavy (non-hydrogen) atoms. The molecule has 0 fully saturated rings. The highest BCUT2D eigenvalue weighted by Crippen LogP contribution is 2.22. The first-order chi connectivity index (χ1) is 12.1. The monoisotopic (exact) mass is 337 g/mol. The molecule has 0 saturated heterocycles. The number of rotatable bonds is 5. The van der Waals surface area contributed by atoms with Crippen LogP contribution < -0.4 is 5.63 Å². The predicted molar refractivity (Wildman–Crippen MR) is 94.3 cm³/mol. The molecule has 0 atom stereocenters. The van der Waals surface area contributed by atoms with Gasteiger partial charge in [0.25, 0.3) is 5.91 Å². The summed E-state index contributed by atoms with van der Waals surface area (Å²) in [6.45, 7) is 0.491. The number of amides is 1. The van der Waals surface area contributed by atoms with Crippen molar-refractivity contribution in [3.05, 3.63) is 76.4 Å². The molecule has 0 unspecified atom stereocenters. The average Bonchev–Trinajstić information content (AvgIpc) is 2.94. The van der Waals surface area contributed by atoms with E-state index in [2.05, 4.69) is 4.98 Å². The fourth-order valence-electron chi connectivity index (χ4n) is 2.72. The molecule has 3 rings (SSSR count). The molecule has 0 aliphatic rings. The summed E-state index contributed by atoms with van der Waals surface area (Å²) in [6.07, 6.45) is 4.12. The number of aromatic nitrogens is 2. The number of pyridine rings is 1. The van der Waals surface area contributed by atoms with Gasteiger partial charge in [-0.15, -0.1) is 0 Å². The molecule has 0 radical (unpaired) electrons. The summed E-state index contributed by atoms with van der Waals surface area (Å²) < 4.78 is 6.49. The lowest BCUT2D eigenvalue weighted by Gasteiger charge is -2.16. The molecule has 1 aromatic carbocycles. The minimum atomic E-state index is -0.623. The second kappa shape index (κ2) is 7.17. The molecule has 0 aliphatic carbocycles. The van der Waals surface area contributed by atoms with Gasteiger partial charge in [-0.1, -0.05) is 30.3 Å². The Labute approximate surface area is 145 Å². The lowest BCUT2D eigenvalue weighted by atomic mass is 10.1. The number of nitrogens with zero attached hydrogens (tertiary/aromatic N) is 3. The third kappa shape index (κ3) is 3.52. The summed E-state index contributed by atoms with van der Waals surface area (Å²) >= 11 is 0. The summed E-state index contributed by atoms with van der Waals surface area (Å²) in [7, 11) is 3.31. The molecule has 0 N–H and O–H groups in total. The SMILES string of the molecule is CN(CCc1ccncc1)C(=O)c1c(-c2ccccc2)n(C)oc1=O. The molecular weight excluding hydrogens is 318 g/mol. The van der Waals surface area contributed by atoms with E-state index >= 15 is 0 Å². The van der Waals surface area contributed by atoms with Crippen molar-refractivity contribution in [2.24, 2.45) is 7.05 Å². The van der Waals surface area contributed by atoms with Crippen LogP contribution in [-0.4, -0.2) is 34.1 Å². The largest absolute Gasteiger partial charge is 0.370 e. The van der Waals surface area contributed by atoms with Gasteiger partial charge in [0.05, 0.1) is 0 Å². The maximum atomic E-state index is 12.8. The standard InChI is InChI=1S/C19H19N3O3/c1-21(13-10-14-8-11-20-12-9-14)18(23)16-17(22(2)25-19(16)24)15-6-4-3-5-7-15/h3-9,11-12H,10,13H2,1-2H3. The molecular formula is C19H19N3O3. The van der Waals surface area contributed by atoms with Gasteiger partial charge in [0.15, 0.2) is 5.56 Å². The predicted octanol–water partition coefficient (Wildman–Crippen LogP) is 2.36.